The van der Waals surface area contributed by atoms with Crippen LogP contribution in [-0.2, 0) is 22.7 Å². The van der Waals surface area contributed by atoms with E-state index in [9.17, 15) is 9.59 Å². The van der Waals surface area contributed by atoms with Crippen molar-refractivity contribution in [2.45, 2.75) is 38.8 Å². The van der Waals surface area contributed by atoms with E-state index < -0.39 is 5.97 Å². The molecule has 0 spiro atoms. The number of fused-ring (bicyclic) bond motifs is 1. The smallest absolute Gasteiger partial charge is 0.303 e. The fourth-order valence-electron chi connectivity index (χ4n) is 2.22. The van der Waals surface area contributed by atoms with Gasteiger partial charge >= 0.3 is 5.97 Å². The molecular weight excluding hydrogens is 230 g/mol. The average molecular weight is 247 g/mol. The van der Waals surface area contributed by atoms with E-state index >= 15 is 0 Å². The van der Waals surface area contributed by atoms with E-state index in [0.717, 1.165) is 0 Å². The lowest BCUT2D eigenvalue weighted by molar-refractivity contribution is -0.137. The largest absolute Gasteiger partial charge is 0.481 e. The number of unbranched alkanes of at least 4 members (excludes halogenated alkanes) is 1. The van der Waals surface area contributed by atoms with Crippen molar-refractivity contribution in [3.05, 3.63) is 35.4 Å². The van der Waals surface area contributed by atoms with Crippen molar-refractivity contribution >= 4 is 11.9 Å². The maximum atomic E-state index is 11.9. The van der Waals surface area contributed by atoms with Gasteiger partial charge in [0, 0.05) is 25.9 Å². The van der Waals surface area contributed by atoms with Gasteiger partial charge in [0.2, 0.25) is 5.91 Å². The minimum absolute atomic E-state index is 0.122. The third-order valence-corrected chi connectivity index (χ3v) is 3.22. The van der Waals surface area contributed by atoms with E-state index in [4.69, 9.17) is 5.11 Å². The number of aliphatic carboxylic acids is 1. The van der Waals surface area contributed by atoms with Gasteiger partial charge in [-0.1, -0.05) is 24.3 Å². The van der Waals surface area contributed by atoms with Crippen LogP contribution in [0.1, 0.15) is 36.8 Å². The molecule has 1 aliphatic rings. The highest BCUT2D eigenvalue weighted by atomic mass is 16.4. The van der Waals surface area contributed by atoms with Gasteiger partial charge in [-0.15, -0.1) is 0 Å². The minimum atomic E-state index is -0.795. The number of amides is 1. The van der Waals surface area contributed by atoms with Crippen LogP contribution in [-0.4, -0.2) is 21.9 Å². The minimum Gasteiger partial charge on any atom is -0.481 e. The number of hydrogen-bond acceptors (Lipinski definition) is 2. The average Bonchev–Trinajstić information content (AvgIpc) is 2.78. The highest BCUT2D eigenvalue weighted by Gasteiger charge is 2.22. The molecule has 1 amide bonds. The van der Waals surface area contributed by atoms with Gasteiger partial charge in [-0.2, -0.15) is 0 Å². The molecule has 0 aliphatic carbocycles. The van der Waals surface area contributed by atoms with Crippen LogP contribution in [0.5, 0.6) is 0 Å². The first-order chi connectivity index (χ1) is 8.66. The van der Waals surface area contributed by atoms with Gasteiger partial charge in [-0.05, 0) is 24.0 Å². The predicted octanol–water partition coefficient (Wildman–Crippen LogP) is 2.17. The molecule has 1 N–H and O–H groups in total. The molecule has 0 saturated heterocycles. The fraction of sp³-hybridized carbons (Fsp3) is 0.429. The Morgan fingerprint density at radius 3 is 2.17 bits per heavy atom. The second-order valence-electron chi connectivity index (χ2n) is 4.62. The lowest BCUT2D eigenvalue weighted by Crippen LogP contribution is -2.24. The second kappa shape index (κ2) is 5.67. The summed E-state index contributed by atoms with van der Waals surface area (Å²) in [5.74, 6) is -0.674. The summed E-state index contributed by atoms with van der Waals surface area (Å²) in [6.45, 7) is 1.38. The van der Waals surface area contributed by atoms with E-state index in [2.05, 4.69) is 0 Å². The van der Waals surface area contributed by atoms with Crippen LogP contribution in [0.2, 0.25) is 0 Å². The van der Waals surface area contributed by atoms with Gasteiger partial charge in [0.05, 0.1) is 0 Å². The highest BCUT2D eigenvalue weighted by molar-refractivity contribution is 5.77. The van der Waals surface area contributed by atoms with Crippen molar-refractivity contribution in [3.8, 4) is 0 Å². The van der Waals surface area contributed by atoms with Gasteiger partial charge in [0.1, 0.15) is 0 Å². The lowest BCUT2D eigenvalue weighted by atomic mass is 10.1. The second-order valence-corrected chi connectivity index (χ2v) is 4.62. The predicted molar refractivity (Wildman–Crippen MR) is 66.8 cm³/mol. The standard InChI is InChI=1S/C14H17NO3/c16-13(7-3-4-8-14(17)18)15-9-11-5-1-2-6-12(11)10-15/h1-2,5-6H,3-4,7-10H2,(H,17,18). The Kier molecular flexibility index (Phi) is 3.97. The molecule has 0 saturated carbocycles. The summed E-state index contributed by atoms with van der Waals surface area (Å²) in [5, 5.41) is 8.51. The molecule has 1 aromatic carbocycles. The fourth-order valence-corrected chi connectivity index (χ4v) is 2.22. The van der Waals surface area contributed by atoms with Gasteiger partial charge < -0.3 is 10.0 Å². The van der Waals surface area contributed by atoms with Crippen LogP contribution in [0.4, 0.5) is 0 Å². The van der Waals surface area contributed by atoms with Crippen LogP contribution in [0, 0.1) is 0 Å². The molecule has 0 radical (unpaired) electrons. The van der Waals surface area contributed by atoms with E-state index in [-0.39, 0.29) is 12.3 Å². The van der Waals surface area contributed by atoms with Crippen LogP contribution in [0.15, 0.2) is 24.3 Å². The molecule has 0 fully saturated rings. The van der Waals surface area contributed by atoms with Crippen molar-refractivity contribution in [2.75, 3.05) is 0 Å². The summed E-state index contributed by atoms with van der Waals surface area (Å²) in [6, 6.07) is 8.07. The molecule has 1 aliphatic heterocycles. The maximum Gasteiger partial charge on any atom is 0.303 e. The molecule has 0 atom stereocenters. The van der Waals surface area contributed by atoms with Gasteiger partial charge in [0.25, 0.3) is 0 Å². The molecular formula is C14H17NO3. The van der Waals surface area contributed by atoms with E-state index in [0.29, 0.717) is 32.4 Å². The molecule has 2 rings (SSSR count). The lowest BCUT2D eigenvalue weighted by Gasteiger charge is -2.15. The quantitative estimate of drug-likeness (QED) is 0.811. The first kappa shape index (κ1) is 12.6. The molecule has 0 bridgehead atoms. The van der Waals surface area contributed by atoms with Gasteiger partial charge in [-0.25, -0.2) is 0 Å². The Bertz CT molecular complexity index is 431. The molecule has 0 unspecified atom stereocenters. The van der Waals surface area contributed by atoms with E-state index in [1.807, 2.05) is 29.2 Å². The third kappa shape index (κ3) is 3.09. The summed E-state index contributed by atoms with van der Waals surface area (Å²) in [6.07, 6.45) is 1.81. The Morgan fingerprint density at radius 1 is 1.06 bits per heavy atom. The number of hydrogen-bond donors (Lipinski definition) is 1. The maximum absolute atomic E-state index is 11.9. The highest BCUT2D eigenvalue weighted by Crippen LogP contribution is 2.23. The molecule has 4 nitrogen and oxygen atoms in total. The molecule has 1 heterocycles. The Morgan fingerprint density at radius 2 is 1.61 bits per heavy atom. The van der Waals surface area contributed by atoms with E-state index in [1.165, 1.54) is 11.1 Å². The first-order valence-corrected chi connectivity index (χ1v) is 6.23. The zero-order chi connectivity index (χ0) is 13.0. The summed E-state index contributed by atoms with van der Waals surface area (Å²) in [4.78, 5) is 24.1. The zero-order valence-electron chi connectivity index (χ0n) is 10.3. The Hall–Kier alpha value is -1.84. The number of rotatable bonds is 5. The number of nitrogens with zero attached hydrogens (tertiary/aromatic N) is 1. The van der Waals surface area contributed by atoms with Crippen LogP contribution in [0.3, 0.4) is 0 Å². The summed E-state index contributed by atoms with van der Waals surface area (Å²) in [7, 11) is 0. The number of carbonyl (C=O) groups is 2. The van der Waals surface area contributed by atoms with Crippen LogP contribution in [0.25, 0.3) is 0 Å². The van der Waals surface area contributed by atoms with Gasteiger partial charge in [0.15, 0.2) is 0 Å². The van der Waals surface area contributed by atoms with Crippen molar-refractivity contribution in [3.63, 3.8) is 0 Å². The molecule has 96 valence electrons. The van der Waals surface area contributed by atoms with Crippen LogP contribution >= 0.6 is 0 Å². The Balaban J connectivity index is 1.77. The molecule has 4 heteroatoms. The number of carboxylic acids is 1. The summed E-state index contributed by atoms with van der Waals surface area (Å²) < 4.78 is 0. The Labute approximate surface area is 106 Å². The van der Waals surface area contributed by atoms with Crippen molar-refractivity contribution in [1.82, 2.24) is 4.90 Å². The van der Waals surface area contributed by atoms with E-state index in [1.54, 1.807) is 0 Å². The topological polar surface area (TPSA) is 57.6 Å². The van der Waals surface area contributed by atoms with Gasteiger partial charge in [-0.3, -0.25) is 9.59 Å². The normalized spacial score (nSPS) is 13.4. The summed E-state index contributed by atoms with van der Waals surface area (Å²) >= 11 is 0. The van der Waals surface area contributed by atoms with Crippen molar-refractivity contribution in [1.29, 1.82) is 0 Å². The number of carboxylic acid groups (broad SMARTS) is 1. The third-order valence-electron chi connectivity index (χ3n) is 3.22. The first-order valence-electron chi connectivity index (χ1n) is 6.23. The number of benzene rings is 1. The zero-order valence-corrected chi connectivity index (χ0v) is 10.3. The molecule has 1 aromatic rings. The summed E-state index contributed by atoms with van der Waals surface area (Å²) in [5.41, 5.74) is 2.44. The molecule has 18 heavy (non-hydrogen) atoms. The van der Waals surface area contributed by atoms with Crippen molar-refractivity contribution < 1.29 is 14.7 Å². The number of carbonyl (C=O) groups excluding carboxylic acids is 1. The monoisotopic (exact) mass is 247 g/mol. The van der Waals surface area contributed by atoms with Crippen LogP contribution < -0.4 is 0 Å². The van der Waals surface area contributed by atoms with Crippen molar-refractivity contribution in [2.24, 2.45) is 0 Å². The molecule has 0 aromatic heterocycles. The SMILES string of the molecule is O=C(O)CCCCC(=O)N1Cc2ccccc2C1.